The summed E-state index contributed by atoms with van der Waals surface area (Å²) in [6.45, 7) is 0. The number of ether oxygens (including phenoxy) is 1. The van der Waals surface area contributed by atoms with Gasteiger partial charge in [0.15, 0.2) is 0 Å². The lowest BCUT2D eigenvalue weighted by Crippen LogP contribution is -1.90. The van der Waals surface area contributed by atoms with E-state index >= 15 is 0 Å². The molecule has 0 spiro atoms. The highest BCUT2D eigenvalue weighted by Crippen LogP contribution is 2.19. The molecule has 0 amide bonds. The van der Waals surface area contributed by atoms with Crippen LogP contribution in [0.4, 0.5) is 13.2 Å². The van der Waals surface area contributed by atoms with Gasteiger partial charge in [0.05, 0.1) is 0 Å². The van der Waals surface area contributed by atoms with Crippen LogP contribution in [-0.2, 0) is 4.79 Å². The summed E-state index contributed by atoms with van der Waals surface area (Å²) in [6.07, 6.45) is 0.881. The first-order valence-corrected chi connectivity index (χ1v) is 4.24. The fourth-order valence-electron chi connectivity index (χ4n) is 0.939. The van der Waals surface area contributed by atoms with Crippen molar-refractivity contribution in [1.29, 1.82) is 0 Å². The summed E-state index contributed by atoms with van der Waals surface area (Å²) in [5.74, 6) is -0.0476. The molecule has 84 valence electrons. The van der Waals surface area contributed by atoms with Crippen molar-refractivity contribution >= 4 is 12.4 Å². The Kier molecular flexibility index (Phi) is 4.32. The van der Waals surface area contributed by atoms with Crippen LogP contribution in [-0.4, -0.2) is 6.29 Å². The molecule has 0 saturated carbocycles. The normalized spacial score (nSPS) is 10.2. The zero-order valence-corrected chi connectivity index (χ0v) is 7.99. The molecule has 1 rings (SSSR count). The number of hydrogen-bond acceptors (Lipinski definition) is 2. The van der Waals surface area contributed by atoms with E-state index in [1.54, 1.807) is 0 Å². The third kappa shape index (κ3) is 3.61. The van der Waals surface area contributed by atoms with Crippen molar-refractivity contribution in [3.05, 3.63) is 48.0 Å². The Labute approximate surface area is 89.6 Å². The molecule has 0 aliphatic carbocycles. The number of hydrogen-bond donors (Lipinski definition) is 0. The van der Waals surface area contributed by atoms with E-state index in [4.69, 9.17) is 0 Å². The van der Waals surface area contributed by atoms with Crippen LogP contribution in [0.25, 0.3) is 6.08 Å². The predicted molar refractivity (Wildman–Crippen MR) is 52.5 cm³/mol. The molecule has 0 saturated heterocycles. The Hall–Kier alpha value is -2.04. The molecule has 0 N–H and O–H groups in total. The fourth-order valence-corrected chi connectivity index (χ4v) is 0.939. The number of allylic oxidation sites excluding steroid dienone is 1. The lowest BCUT2D eigenvalue weighted by atomic mass is 10.2. The first-order chi connectivity index (χ1) is 7.63. The van der Waals surface area contributed by atoms with E-state index in [1.807, 2.05) is 0 Å². The Morgan fingerprint density at radius 2 is 1.75 bits per heavy atom. The molecule has 2 nitrogen and oxygen atoms in total. The van der Waals surface area contributed by atoms with Crippen molar-refractivity contribution < 1.29 is 22.7 Å². The fraction of sp³-hybridized carbons (Fsp3) is 0. The summed E-state index contributed by atoms with van der Waals surface area (Å²) in [6, 6.07) is 3.70. The van der Waals surface area contributed by atoms with Crippen LogP contribution in [0.1, 0.15) is 5.56 Å². The molecule has 1 aromatic carbocycles. The molecule has 0 atom stereocenters. The van der Waals surface area contributed by atoms with E-state index in [-0.39, 0.29) is 5.75 Å². The summed E-state index contributed by atoms with van der Waals surface area (Å²) in [7, 11) is 0. The summed E-state index contributed by atoms with van der Waals surface area (Å²) >= 11 is 0. The number of halogens is 3. The molecular formula is C11H7F3O2. The molecule has 0 aliphatic rings. The van der Waals surface area contributed by atoms with Crippen LogP contribution in [0.2, 0.25) is 0 Å². The van der Waals surface area contributed by atoms with Gasteiger partial charge in [0, 0.05) is 0 Å². The van der Waals surface area contributed by atoms with Gasteiger partial charge in [-0.3, -0.25) is 4.79 Å². The van der Waals surface area contributed by atoms with E-state index in [1.165, 1.54) is 36.4 Å². The first kappa shape index (κ1) is 12.0. The SMILES string of the molecule is O=C/C=C/c1ccc(OC(F)=C(F)F)cc1. The molecular weight excluding hydrogens is 221 g/mol. The van der Waals surface area contributed by atoms with E-state index in [2.05, 4.69) is 4.74 Å². The largest absolute Gasteiger partial charge is 0.428 e. The number of benzene rings is 1. The average Bonchev–Trinajstić information content (AvgIpc) is 2.28. The minimum atomic E-state index is -2.51. The lowest BCUT2D eigenvalue weighted by molar-refractivity contribution is -0.104. The van der Waals surface area contributed by atoms with E-state index in [9.17, 15) is 18.0 Å². The highest BCUT2D eigenvalue weighted by molar-refractivity contribution is 5.73. The van der Waals surface area contributed by atoms with Crippen LogP contribution in [0.15, 0.2) is 42.4 Å². The second-order valence-corrected chi connectivity index (χ2v) is 2.70. The zero-order chi connectivity index (χ0) is 12.0. The minimum Gasteiger partial charge on any atom is -0.428 e. The molecule has 0 bridgehead atoms. The number of rotatable bonds is 4. The molecule has 1 aromatic rings. The zero-order valence-electron chi connectivity index (χ0n) is 7.99. The smallest absolute Gasteiger partial charge is 0.344 e. The molecule has 5 heteroatoms. The topological polar surface area (TPSA) is 26.3 Å². The lowest BCUT2D eigenvalue weighted by Gasteiger charge is -2.01. The highest BCUT2D eigenvalue weighted by atomic mass is 19.3. The number of carbonyl (C=O) groups excluding carboxylic acids is 1. The van der Waals surface area contributed by atoms with E-state index < -0.39 is 12.1 Å². The van der Waals surface area contributed by atoms with Gasteiger partial charge in [0.2, 0.25) is 0 Å². The molecule has 0 fully saturated rings. The molecule has 16 heavy (non-hydrogen) atoms. The van der Waals surface area contributed by atoms with Gasteiger partial charge in [-0.2, -0.15) is 13.2 Å². The van der Waals surface area contributed by atoms with Gasteiger partial charge in [0.25, 0.3) is 0 Å². The molecule has 0 unspecified atom stereocenters. The molecule has 0 aromatic heterocycles. The van der Waals surface area contributed by atoms with Gasteiger partial charge in [-0.1, -0.05) is 18.2 Å². The van der Waals surface area contributed by atoms with Crippen LogP contribution < -0.4 is 4.74 Å². The maximum atomic E-state index is 12.4. The molecule has 0 aliphatic heterocycles. The van der Waals surface area contributed by atoms with Crippen LogP contribution in [0.3, 0.4) is 0 Å². The number of carbonyl (C=O) groups is 1. The van der Waals surface area contributed by atoms with Crippen molar-refractivity contribution in [3.63, 3.8) is 0 Å². The summed E-state index contributed by atoms with van der Waals surface area (Å²) in [4.78, 5) is 10.0. The van der Waals surface area contributed by atoms with Gasteiger partial charge in [-0.25, -0.2) is 0 Å². The second-order valence-electron chi connectivity index (χ2n) is 2.70. The Morgan fingerprint density at radius 1 is 1.12 bits per heavy atom. The maximum absolute atomic E-state index is 12.4. The van der Waals surface area contributed by atoms with Gasteiger partial charge in [-0.05, 0) is 23.8 Å². The summed E-state index contributed by atoms with van der Waals surface area (Å²) in [5, 5.41) is 0. The Morgan fingerprint density at radius 3 is 2.25 bits per heavy atom. The molecule has 0 radical (unpaired) electrons. The third-order valence-electron chi connectivity index (χ3n) is 1.60. The van der Waals surface area contributed by atoms with Crippen molar-refractivity contribution in [2.24, 2.45) is 0 Å². The van der Waals surface area contributed by atoms with E-state index in [0.717, 1.165) is 0 Å². The monoisotopic (exact) mass is 228 g/mol. The van der Waals surface area contributed by atoms with Crippen LogP contribution in [0, 0.1) is 0 Å². The van der Waals surface area contributed by atoms with Crippen molar-refractivity contribution in [3.8, 4) is 5.75 Å². The van der Waals surface area contributed by atoms with Gasteiger partial charge >= 0.3 is 12.1 Å². The van der Waals surface area contributed by atoms with Gasteiger partial charge in [-0.15, -0.1) is 0 Å². The van der Waals surface area contributed by atoms with Gasteiger partial charge in [0.1, 0.15) is 12.0 Å². The van der Waals surface area contributed by atoms with Crippen molar-refractivity contribution in [2.75, 3.05) is 0 Å². The quantitative estimate of drug-likeness (QED) is 0.449. The first-order valence-electron chi connectivity index (χ1n) is 4.24. The van der Waals surface area contributed by atoms with Crippen molar-refractivity contribution in [2.45, 2.75) is 0 Å². The summed E-state index contributed by atoms with van der Waals surface area (Å²) in [5.41, 5.74) is 0.671. The average molecular weight is 228 g/mol. The number of aldehydes is 1. The van der Waals surface area contributed by atoms with Gasteiger partial charge < -0.3 is 4.74 Å². The third-order valence-corrected chi connectivity index (χ3v) is 1.60. The van der Waals surface area contributed by atoms with E-state index in [0.29, 0.717) is 11.8 Å². The predicted octanol–water partition coefficient (Wildman–Crippen LogP) is 3.31. The minimum absolute atomic E-state index is 0.0476. The molecule has 0 heterocycles. The highest BCUT2D eigenvalue weighted by Gasteiger charge is 2.06. The standard InChI is InChI=1S/C11H7F3O2/c12-10(13)11(14)16-9-5-3-8(4-6-9)2-1-7-15/h1-7H/b2-1+. The van der Waals surface area contributed by atoms with Crippen LogP contribution >= 0.6 is 0 Å². The maximum Gasteiger partial charge on any atom is 0.344 e. The Balaban J connectivity index is 2.76. The Bertz CT molecular complexity index is 417. The second kappa shape index (κ2) is 5.75. The summed E-state index contributed by atoms with van der Waals surface area (Å²) < 4.78 is 39.9. The van der Waals surface area contributed by atoms with Crippen molar-refractivity contribution in [1.82, 2.24) is 0 Å². The van der Waals surface area contributed by atoms with Crippen LogP contribution in [0.5, 0.6) is 5.75 Å².